The molecule has 1 atom stereocenters. The molecule has 0 saturated carbocycles. The van der Waals surface area contributed by atoms with E-state index in [2.05, 4.69) is 0 Å². The first-order valence-electron chi connectivity index (χ1n) is 3.52. The van der Waals surface area contributed by atoms with Crippen molar-refractivity contribution in [3.63, 3.8) is 0 Å². The number of carbonyl (C=O) groups is 1. The van der Waals surface area contributed by atoms with Crippen LogP contribution in [0, 0.1) is 0 Å². The molecule has 1 saturated heterocycles. The summed E-state index contributed by atoms with van der Waals surface area (Å²) in [4.78, 5) is 13.9. The molecule has 0 bridgehead atoms. The fourth-order valence-electron chi connectivity index (χ4n) is 1.42. The molecule has 6 heteroatoms. The van der Waals surface area contributed by atoms with E-state index in [1.54, 1.807) is 23.6 Å². The number of carboxylic acids is 1. The molecule has 0 N–H and O–H groups in total. The van der Waals surface area contributed by atoms with Crippen molar-refractivity contribution >= 4 is 34.9 Å². The smallest absolute Gasteiger partial charge is 0.543 e. The number of nitrogens with zero attached hydrogens (tertiary/aromatic N) is 1. The van der Waals surface area contributed by atoms with E-state index in [-0.39, 0.29) is 62.5 Å². The Morgan fingerprint density at radius 3 is 2.77 bits per heavy atom. The molecule has 0 aromatic carbocycles. The zero-order valence-electron chi connectivity index (χ0n) is 7.36. The van der Waals surface area contributed by atoms with Crippen LogP contribution in [0.5, 0.6) is 0 Å². The molecule has 2 aliphatic rings. The maximum absolute atomic E-state index is 10.7. The van der Waals surface area contributed by atoms with E-state index in [1.165, 1.54) is 0 Å². The van der Waals surface area contributed by atoms with Crippen LogP contribution in [0.2, 0.25) is 0 Å². The number of thioether (sulfide) groups is 1. The molecular weight excluding hydrogens is 233 g/mol. The van der Waals surface area contributed by atoms with Crippen molar-refractivity contribution in [3.8, 4) is 0 Å². The summed E-state index contributed by atoms with van der Waals surface area (Å²) in [5, 5.41) is 10.9. The van der Waals surface area contributed by atoms with Gasteiger partial charge in [-0.05, 0) is 6.92 Å². The number of aliphatic carboxylic acids is 1. The van der Waals surface area contributed by atoms with E-state index >= 15 is 0 Å². The molecule has 2 rings (SSSR count). The summed E-state index contributed by atoms with van der Waals surface area (Å²) in [6.07, 6.45) is 0.814. The van der Waals surface area contributed by atoms with E-state index in [0.29, 0.717) is 4.99 Å². The summed E-state index contributed by atoms with van der Waals surface area (Å²) in [6, 6.07) is 0. The molecule has 0 amide bonds. The Bertz CT molecular complexity index is 316. The minimum absolute atomic E-state index is 0. The number of hydrogen-bond acceptors (Lipinski definition) is 4. The molecule has 13 heavy (non-hydrogen) atoms. The van der Waals surface area contributed by atoms with E-state index in [9.17, 15) is 9.90 Å². The van der Waals surface area contributed by atoms with Gasteiger partial charge in [0.05, 0.1) is 22.0 Å². The number of carboxylic acid groups (broad SMARTS) is 1. The van der Waals surface area contributed by atoms with Crippen LogP contribution in [0.3, 0.4) is 0 Å². The topological polar surface area (TPSA) is 43.4 Å². The first-order chi connectivity index (χ1) is 5.61. The second-order valence-corrected chi connectivity index (χ2v) is 4.60. The number of allylic oxidation sites excluding steroid dienone is 1. The van der Waals surface area contributed by atoms with Crippen molar-refractivity contribution in [2.24, 2.45) is 0 Å². The van der Waals surface area contributed by atoms with Crippen molar-refractivity contribution in [1.29, 1.82) is 0 Å². The van der Waals surface area contributed by atoms with Gasteiger partial charge in [0.25, 0.3) is 0 Å². The molecule has 2 heterocycles. The first kappa shape index (κ1) is 12.2. The number of thiocarbonyl (C=S) groups is 1. The summed E-state index contributed by atoms with van der Waals surface area (Å²) >= 11 is 6.51. The van der Waals surface area contributed by atoms with Crippen molar-refractivity contribution in [2.75, 3.05) is 0 Å². The Morgan fingerprint density at radius 2 is 2.38 bits per heavy atom. The van der Waals surface area contributed by atoms with Crippen molar-refractivity contribution in [3.05, 3.63) is 10.6 Å². The van der Waals surface area contributed by atoms with E-state index in [4.69, 9.17) is 12.2 Å². The monoisotopic (exact) mass is 239 g/mol. The van der Waals surface area contributed by atoms with Crippen LogP contribution in [0.4, 0.5) is 0 Å². The van der Waals surface area contributed by atoms with Gasteiger partial charge in [-0.15, -0.1) is 11.8 Å². The maximum atomic E-state index is 10.7. The molecule has 0 spiro atoms. The fourth-order valence-corrected chi connectivity index (χ4v) is 3.25. The van der Waals surface area contributed by atoms with Crippen molar-refractivity contribution in [2.45, 2.75) is 18.7 Å². The standard InChI is InChI=1S/C7H7NO2S2.K/c1-3-6(7(9)10)8-4(11)2-5(8)12-3;/h5H,2H2,1H3,(H,9,10);/q;+1/p-1/t5-;/m0./s1. The van der Waals surface area contributed by atoms with E-state index < -0.39 is 5.97 Å². The van der Waals surface area contributed by atoms with Gasteiger partial charge in [-0.3, -0.25) is 0 Å². The Labute approximate surface area is 128 Å². The van der Waals surface area contributed by atoms with Crippen LogP contribution in [-0.4, -0.2) is 21.2 Å². The molecule has 64 valence electrons. The van der Waals surface area contributed by atoms with Gasteiger partial charge < -0.3 is 14.8 Å². The summed E-state index contributed by atoms with van der Waals surface area (Å²) in [6.45, 7) is 1.79. The van der Waals surface area contributed by atoms with Crippen LogP contribution in [-0.2, 0) is 4.79 Å². The van der Waals surface area contributed by atoms with Crippen LogP contribution in [0.15, 0.2) is 10.6 Å². The summed E-state index contributed by atoms with van der Waals surface area (Å²) in [7, 11) is 0. The summed E-state index contributed by atoms with van der Waals surface area (Å²) in [5.41, 5.74) is 0.265. The number of rotatable bonds is 1. The minimum Gasteiger partial charge on any atom is -0.543 e. The predicted octanol–water partition coefficient (Wildman–Crippen LogP) is -2.92. The van der Waals surface area contributed by atoms with Gasteiger partial charge in [0, 0.05) is 11.3 Å². The van der Waals surface area contributed by atoms with E-state index in [1.807, 2.05) is 0 Å². The van der Waals surface area contributed by atoms with Crippen LogP contribution >= 0.6 is 24.0 Å². The zero-order chi connectivity index (χ0) is 8.88. The summed E-state index contributed by atoms with van der Waals surface area (Å²) < 4.78 is 0. The van der Waals surface area contributed by atoms with Crippen molar-refractivity contribution in [1.82, 2.24) is 4.90 Å². The molecule has 1 fully saturated rings. The average molecular weight is 239 g/mol. The molecule has 2 aliphatic heterocycles. The molecule has 0 aromatic heterocycles. The summed E-state index contributed by atoms with van der Waals surface area (Å²) in [5.74, 6) is -1.12. The molecule has 3 nitrogen and oxygen atoms in total. The number of carbonyl (C=O) groups excluding carboxylic acids is 1. The SMILES string of the molecule is CC1=C(C(=O)[O-])N2C(=S)C[C@@H]2S1.[K+]. The largest absolute Gasteiger partial charge is 1.00 e. The Morgan fingerprint density at radius 1 is 1.77 bits per heavy atom. The molecule has 0 radical (unpaired) electrons. The van der Waals surface area contributed by atoms with Gasteiger partial charge >= 0.3 is 51.4 Å². The van der Waals surface area contributed by atoms with Gasteiger partial charge in [0.1, 0.15) is 0 Å². The van der Waals surface area contributed by atoms with Gasteiger partial charge in [0.15, 0.2) is 0 Å². The second-order valence-electron chi connectivity index (χ2n) is 2.73. The molecule has 0 unspecified atom stereocenters. The van der Waals surface area contributed by atoms with Gasteiger partial charge in [-0.1, -0.05) is 12.2 Å². The normalized spacial score (nSPS) is 25.2. The Balaban J connectivity index is 0.000000845. The molecular formula is C7H6KNO2S2. The number of hydrogen-bond donors (Lipinski definition) is 0. The predicted molar refractivity (Wildman–Crippen MR) is 48.1 cm³/mol. The van der Waals surface area contributed by atoms with E-state index in [0.717, 1.165) is 11.3 Å². The molecule has 0 aliphatic carbocycles. The Hall–Kier alpha value is 1.09. The number of fused-ring (bicyclic) bond motifs is 1. The van der Waals surface area contributed by atoms with Gasteiger partial charge in [-0.2, -0.15) is 0 Å². The first-order valence-corrected chi connectivity index (χ1v) is 4.81. The molecule has 0 aromatic rings. The van der Waals surface area contributed by atoms with Crippen LogP contribution < -0.4 is 56.5 Å². The third-order valence-electron chi connectivity index (χ3n) is 1.99. The fraction of sp³-hybridized carbons (Fsp3) is 0.429. The third kappa shape index (κ3) is 1.90. The average Bonchev–Trinajstić information content (AvgIpc) is 2.22. The Kier molecular flexibility index (Phi) is 4.02. The second kappa shape index (κ2) is 4.30. The minimum atomic E-state index is -1.12. The van der Waals surface area contributed by atoms with Crippen LogP contribution in [0.25, 0.3) is 0 Å². The van der Waals surface area contributed by atoms with Gasteiger partial charge in [0.2, 0.25) is 0 Å². The van der Waals surface area contributed by atoms with Crippen LogP contribution in [0.1, 0.15) is 13.3 Å². The van der Waals surface area contributed by atoms with Crippen molar-refractivity contribution < 1.29 is 61.3 Å². The van der Waals surface area contributed by atoms with Gasteiger partial charge in [-0.25, -0.2) is 0 Å². The zero-order valence-corrected chi connectivity index (χ0v) is 12.1. The maximum Gasteiger partial charge on any atom is 1.00 e. The quantitative estimate of drug-likeness (QED) is 0.362. The third-order valence-corrected chi connectivity index (χ3v) is 3.55.